The third-order valence-electron chi connectivity index (χ3n) is 3.69. The largest absolute Gasteiger partial charge is 0.372 e. The highest BCUT2D eigenvalue weighted by Gasteiger charge is 2.00. The summed E-state index contributed by atoms with van der Waals surface area (Å²) in [5.74, 6) is 0.683. The van der Waals surface area contributed by atoms with Gasteiger partial charge in [-0.2, -0.15) is 0 Å². The van der Waals surface area contributed by atoms with Crippen molar-refractivity contribution in [3.8, 4) is 0 Å². The molecule has 0 atom stereocenters. The number of para-hydroxylation sites is 1. The van der Waals surface area contributed by atoms with Gasteiger partial charge >= 0.3 is 0 Å². The third-order valence-corrected chi connectivity index (χ3v) is 3.69. The van der Waals surface area contributed by atoms with Gasteiger partial charge in [0.05, 0.1) is 5.52 Å². The lowest BCUT2D eigenvalue weighted by atomic mass is 10.2. The average Bonchev–Trinajstić information content (AvgIpc) is 2.60. The van der Waals surface area contributed by atoms with Crippen molar-refractivity contribution in [2.45, 2.75) is 0 Å². The molecule has 0 bridgehead atoms. The Morgan fingerprint density at radius 1 is 1.04 bits per heavy atom. The van der Waals surface area contributed by atoms with Gasteiger partial charge in [-0.05, 0) is 29.8 Å². The Bertz CT molecular complexity index is 812. The number of rotatable bonds is 5. The van der Waals surface area contributed by atoms with E-state index in [1.807, 2.05) is 78.8 Å². The van der Waals surface area contributed by atoms with Crippen LogP contribution in [-0.2, 0) is 0 Å². The minimum atomic E-state index is -0.350. The smallest absolute Gasteiger partial charge is 0.152 e. The SMILES string of the molecule is CN(CCF)c1ccc(C=Cc2ncc3ccccc3n2)cc1. The van der Waals surface area contributed by atoms with Crippen LogP contribution in [0, 0.1) is 0 Å². The van der Waals surface area contributed by atoms with Gasteiger partial charge in [-0.15, -0.1) is 0 Å². The molecule has 3 aromatic rings. The van der Waals surface area contributed by atoms with Gasteiger partial charge in [-0.3, -0.25) is 0 Å². The molecule has 0 aliphatic heterocycles. The number of hydrogen-bond acceptors (Lipinski definition) is 3. The van der Waals surface area contributed by atoms with E-state index in [2.05, 4.69) is 9.97 Å². The minimum Gasteiger partial charge on any atom is -0.372 e. The molecule has 3 rings (SSSR count). The number of fused-ring (bicyclic) bond motifs is 1. The lowest BCUT2D eigenvalue weighted by Crippen LogP contribution is -2.19. The molecule has 0 aliphatic carbocycles. The number of anilines is 1. The van der Waals surface area contributed by atoms with Crippen LogP contribution in [0.25, 0.3) is 23.1 Å². The predicted octanol–water partition coefficient (Wildman–Crippen LogP) is 4.21. The maximum absolute atomic E-state index is 12.4. The van der Waals surface area contributed by atoms with Gasteiger partial charge in [0.15, 0.2) is 5.82 Å². The number of nitrogens with zero attached hydrogens (tertiary/aromatic N) is 3. The molecular weight excluding hydrogens is 289 g/mol. The molecule has 0 amide bonds. The van der Waals surface area contributed by atoms with Gasteiger partial charge in [-0.1, -0.05) is 36.4 Å². The minimum absolute atomic E-state index is 0.350. The standard InChI is InChI=1S/C19H18FN3/c1-23(13-12-20)17-9-6-15(7-10-17)8-11-19-21-14-16-4-2-3-5-18(16)22-19/h2-11,14H,12-13H2,1H3. The summed E-state index contributed by atoms with van der Waals surface area (Å²) < 4.78 is 12.4. The zero-order valence-electron chi connectivity index (χ0n) is 13.0. The Hall–Kier alpha value is -2.75. The number of benzene rings is 2. The van der Waals surface area contributed by atoms with Crippen LogP contribution in [0.5, 0.6) is 0 Å². The van der Waals surface area contributed by atoms with Crippen LogP contribution in [0.15, 0.2) is 54.7 Å². The summed E-state index contributed by atoms with van der Waals surface area (Å²) in [6.45, 7) is 0.0531. The first-order valence-corrected chi connectivity index (χ1v) is 7.53. The Morgan fingerprint density at radius 3 is 2.61 bits per heavy atom. The Kier molecular flexibility index (Phi) is 4.62. The van der Waals surface area contributed by atoms with E-state index in [0.717, 1.165) is 22.2 Å². The van der Waals surface area contributed by atoms with Gasteiger partial charge in [0.25, 0.3) is 0 Å². The van der Waals surface area contributed by atoms with Crippen LogP contribution in [0.2, 0.25) is 0 Å². The average molecular weight is 307 g/mol. The van der Waals surface area contributed by atoms with E-state index in [0.29, 0.717) is 12.4 Å². The maximum atomic E-state index is 12.4. The van der Waals surface area contributed by atoms with Crippen LogP contribution in [0.1, 0.15) is 11.4 Å². The Morgan fingerprint density at radius 2 is 1.83 bits per heavy atom. The van der Waals surface area contributed by atoms with E-state index in [-0.39, 0.29) is 6.67 Å². The molecule has 1 aromatic heterocycles. The second kappa shape index (κ2) is 7.01. The summed E-state index contributed by atoms with van der Waals surface area (Å²) in [6.07, 6.45) is 5.70. The molecular formula is C19H18FN3. The van der Waals surface area contributed by atoms with E-state index in [9.17, 15) is 4.39 Å². The Labute approximate surface area is 135 Å². The van der Waals surface area contributed by atoms with E-state index < -0.39 is 0 Å². The monoisotopic (exact) mass is 307 g/mol. The highest BCUT2D eigenvalue weighted by molar-refractivity contribution is 5.79. The summed E-state index contributed by atoms with van der Waals surface area (Å²) in [6, 6.07) is 15.9. The van der Waals surface area contributed by atoms with Crippen molar-refractivity contribution in [1.82, 2.24) is 9.97 Å². The molecule has 0 saturated heterocycles. The molecule has 0 fully saturated rings. The molecule has 3 nitrogen and oxygen atoms in total. The van der Waals surface area contributed by atoms with E-state index >= 15 is 0 Å². The van der Waals surface area contributed by atoms with Gasteiger partial charge < -0.3 is 4.90 Å². The number of alkyl halides is 1. The van der Waals surface area contributed by atoms with Crippen molar-refractivity contribution in [2.75, 3.05) is 25.2 Å². The first-order valence-electron chi connectivity index (χ1n) is 7.53. The van der Waals surface area contributed by atoms with Crippen molar-refractivity contribution >= 4 is 28.7 Å². The summed E-state index contributed by atoms with van der Waals surface area (Å²) >= 11 is 0. The molecule has 23 heavy (non-hydrogen) atoms. The van der Waals surface area contributed by atoms with Crippen LogP contribution in [-0.4, -0.2) is 30.2 Å². The van der Waals surface area contributed by atoms with Gasteiger partial charge in [-0.25, -0.2) is 14.4 Å². The van der Waals surface area contributed by atoms with Crippen molar-refractivity contribution < 1.29 is 4.39 Å². The summed E-state index contributed by atoms with van der Waals surface area (Å²) in [4.78, 5) is 10.7. The van der Waals surface area contributed by atoms with Crippen molar-refractivity contribution in [1.29, 1.82) is 0 Å². The lowest BCUT2D eigenvalue weighted by Gasteiger charge is -2.17. The normalized spacial score (nSPS) is 11.2. The summed E-state index contributed by atoms with van der Waals surface area (Å²) in [5, 5.41) is 1.03. The van der Waals surface area contributed by atoms with E-state index in [4.69, 9.17) is 0 Å². The molecule has 2 aromatic carbocycles. The molecule has 0 unspecified atom stereocenters. The van der Waals surface area contributed by atoms with E-state index in [1.54, 1.807) is 0 Å². The summed E-state index contributed by atoms with van der Waals surface area (Å²) in [7, 11) is 1.88. The molecule has 1 heterocycles. The zero-order chi connectivity index (χ0) is 16.1. The molecule has 4 heteroatoms. The van der Waals surface area contributed by atoms with Crippen LogP contribution < -0.4 is 4.90 Å². The molecule has 116 valence electrons. The fraction of sp³-hybridized carbons (Fsp3) is 0.158. The second-order valence-electron chi connectivity index (χ2n) is 5.32. The first-order chi connectivity index (χ1) is 11.3. The molecule has 0 radical (unpaired) electrons. The second-order valence-corrected chi connectivity index (χ2v) is 5.32. The lowest BCUT2D eigenvalue weighted by molar-refractivity contribution is 0.497. The Balaban J connectivity index is 1.76. The predicted molar refractivity (Wildman–Crippen MR) is 94.2 cm³/mol. The molecule has 0 aliphatic rings. The van der Waals surface area contributed by atoms with Crippen LogP contribution in [0.3, 0.4) is 0 Å². The van der Waals surface area contributed by atoms with Crippen molar-refractivity contribution in [3.63, 3.8) is 0 Å². The first kappa shape index (κ1) is 15.2. The van der Waals surface area contributed by atoms with Crippen LogP contribution >= 0.6 is 0 Å². The number of hydrogen-bond donors (Lipinski definition) is 0. The third kappa shape index (κ3) is 3.72. The topological polar surface area (TPSA) is 29.0 Å². The highest BCUT2D eigenvalue weighted by atomic mass is 19.1. The fourth-order valence-corrected chi connectivity index (χ4v) is 2.33. The zero-order valence-corrected chi connectivity index (χ0v) is 13.0. The number of halogens is 1. The van der Waals surface area contributed by atoms with Crippen LogP contribution in [0.4, 0.5) is 10.1 Å². The summed E-state index contributed by atoms with van der Waals surface area (Å²) in [5.41, 5.74) is 2.99. The maximum Gasteiger partial charge on any atom is 0.152 e. The highest BCUT2D eigenvalue weighted by Crippen LogP contribution is 2.16. The van der Waals surface area contributed by atoms with Gasteiger partial charge in [0.1, 0.15) is 6.67 Å². The fourth-order valence-electron chi connectivity index (χ4n) is 2.33. The van der Waals surface area contributed by atoms with Crippen molar-refractivity contribution in [3.05, 3.63) is 66.1 Å². The van der Waals surface area contributed by atoms with Gasteiger partial charge in [0.2, 0.25) is 0 Å². The van der Waals surface area contributed by atoms with E-state index in [1.165, 1.54) is 0 Å². The van der Waals surface area contributed by atoms with Gasteiger partial charge in [0, 0.05) is 30.9 Å². The molecule has 0 N–H and O–H groups in total. The molecule has 0 saturated carbocycles. The number of aromatic nitrogens is 2. The van der Waals surface area contributed by atoms with Crippen molar-refractivity contribution in [2.24, 2.45) is 0 Å². The molecule has 0 spiro atoms. The quantitative estimate of drug-likeness (QED) is 0.707.